The van der Waals surface area contributed by atoms with Crippen LogP contribution in [0.4, 0.5) is 5.82 Å². The molecule has 1 saturated heterocycles. The zero-order valence-corrected chi connectivity index (χ0v) is 21.8. The van der Waals surface area contributed by atoms with Crippen LogP contribution in [0.3, 0.4) is 0 Å². The third-order valence-corrected chi connectivity index (χ3v) is 6.67. The molecule has 4 heterocycles. The number of carbonyl (C=O) groups is 2. The molecule has 1 fully saturated rings. The summed E-state index contributed by atoms with van der Waals surface area (Å²) in [7, 11) is 0. The highest BCUT2D eigenvalue weighted by molar-refractivity contribution is 7.10. The molecule has 3 aromatic heterocycles. The lowest BCUT2D eigenvalue weighted by molar-refractivity contribution is -0.117. The number of anilines is 1. The molecule has 0 radical (unpaired) electrons. The van der Waals surface area contributed by atoms with Gasteiger partial charge in [-0.25, -0.2) is 9.97 Å². The number of hydrogen-bond donors (Lipinski definition) is 1. The van der Waals surface area contributed by atoms with Gasteiger partial charge in [-0.2, -0.15) is 0 Å². The van der Waals surface area contributed by atoms with Crippen molar-refractivity contribution >= 4 is 28.8 Å². The van der Waals surface area contributed by atoms with Crippen LogP contribution in [-0.4, -0.2) is 58.1 Å². The molecule has 0 unspecified atom stereocenters. The van der Waals surface area contributed by atoms with Crippen LogP contribution in [-0.2, 0) is 21.5 Å². The third-order valence-electron chi connectivity index (χ3n) is 5.82. The van der Waals surface area contributed by atoms with E-state index in [0.717, 1.165) is 30.3 Å². The molecule has 4 rings (SSSR count). The largest absolute Gasteiger partial charge is 0.372 e. The minimum absolute atomic E-state index is 0.0322. The van der Waals surface area contributed by atoms with Gasteiger partial charge in [0, 0.05) is 36.4 Å². The van der Waals surface area contributed by atoms with E-state index in [-0.39, 0.29) is 42.4 Å². The second kappa shape index (κ2) is 10.3. The van der Waals surface area contributed by atoms with Crippen molar-refractivity contribution in [2.45, 2.75) is 58.8 Å². The Hall–Kier alpha value is -3.04. The molecular formula is C26H33N5O3S. The van der Waals surface area contributed by atoms with Crippen LogP contribution in [0, 0.1) is 0 Å². The first kappa shape index (κ1) is 25.1. The second-order valence-corrected chi connectivity index (χ2v) is 11.0. The molecule has 9 heteroatoms. The SMILES string of the molecule is C[C@@H]1CN(c2cccc(-c3csc(CC(=O)CNC(=O)c4ccn(C(C)(C)C)c4)n3)n2)C[C@H](C)O1. The fourth-order valence-electron chi connectivity index (χ4n) is 4.08. The predicted molar refractivity (Wildman–Crippen MR) is 138 cm³/mol. The molecule has 1 N–H and O–H groups in total. The van der Waals surface area contributed by atoms with Gasteiger partial charge in [0.15, 0.2) is 5.78 Å². The summed E-state index contributed by atoms with van der Waals surface area (Å²) in [4.78, 5) is 36.6. The van der Waals surface area contributed by atoms with Crippen molar-refractivity contribution in [2.75, 3.05) is 24.5 Å². The Balaban J connectivity index is 1.34. The van der Waals surface area contributed by atoms with Gasteiger partial charge in [-0.15, -0.1) is 11.3 Å². The summed E-state index contributed by atoms with van der Waals surface area (Å²) in [6, 6.07) is 7.68. The minimum Gasteiger partial charge on any atom is -0.372 e. The van der Waals surface area contributed by atoms with Crippen molar-refractivity contribution in [1.82, 2.24) is 19.9 Å². The molecule has 1 aliphatic heterocycles. The van der Waals surface area contributed by atoms with E-state index in [1.807, 2.05) is 34.3 Å². The molecule has 186 valence electrons. The van der Waals surface area contributed by atoms with Crippen LogP contribution in [0.2, 0.25) is 0 Å². The van der Waals surface area contributed by atoms with E-state index in [1.54, 1.807) is 12.3 Å². The van der Waals surface area contributed by atoms with Crippen LogP contribution >= 0.6 is 11.3 Å². The molecule has 0 bridgehead atoms. The molecule has 0 aromatic carbocycles. The summed E-state index contributed by atoms with van der Waals surface area (Å²) in [5, 5.41) is 5.35. The summed E-state index contributed by atoms with van der Waals surface area (Å²) < 4.78 is 7.80. The summed E-state index contributed by atoms with van der Waals surface area (Å²) in [6.07, 6.45) is 4.15. The van der Waals surface area contributed by atoms with Crippen LogP contribution in [0.5, 0.6) is 0 Å². The highest BCUT2D eigenvalue weighted by atomic mass is 32.1. The standard InChI is InChI=1S/C26H33N5O3S/c1-17-13-30(14-18(2)34-17)23-8-6-7-21(28-23)22-16-35-24(29-22)11-20(32)12-27-25(33)19-9-10-31(15-19)26(3,4)5/h6-10,15-18H,11-14H2,1-5H3,(H,27,33)/t17-,18+. The monoisotopic (exact) mass is 495 g/mol. The number of nitrogens with one attached hydrogen (secondary N) is 1. The van der Waals surface area contributed by atoms with Crippen molar-refractivity contribution in [1.29, 1.82) is 0 Å². The van der Waals surface area contributed by atoms with Crippen molar-refractivity contribution in [2.24, 2.45) is 0 Å². The van der Waals surface area contributed by atoms with Crippen LogP contribution in [0.15, 0.2) is 42.0 Å². The topological polar surface area (TPSA) is 89.4 Å². The first-order chi connectivity index (χ1) is 16.6. The number of amides is 1. The van der Waals surface area contributed by atoms with Gasteiger partial charge in [0.05, 0.1) is 42.1 Å². The summed E-state index contributed by atoms with van der Waals surface area (Å²) in [5.41, 5.74) is 1.96. The average Bonchev–Trinajstić information content (AvgIpc) is 3.47. The number of ether oxygens (including phenoxy) is 1. The van der Waals surface area contributed by atoms with E-state index in [2.05, 4.69) is 49.8 Å². The van der Waals surface area contributed by atoms with E-state index in [4.69, 9.17) is 9.72 Å². The van der Waals surface area contributed by atoms with Gasteiger partial charge in [-0.1, -0.05) is 6.07 Å². The van der Waals surface area contributed by atoms with Crippen LogP contribution in [0.25, 0.3) is 11.4 Å². The minimum atomic E-state index is -0.256. The molecule has 8 nitrogen and oxygen atoms in total. The molecular weight excluding hydrogens is 462 g/mol. The highest BCUT2D eigenvalue weighted by Gasteiger charge is 2.23. The van der Waals surface area contributed by atoms with Gasteiger partial charge in [0.25, 0.3) is 5.91 Å². The number of rotatable bonds is 7. The Kier molecular flexibility index (Phi) is 7.37. The Bertz CT molecular complexity index is 1190. The summed E-state index contributed by atoms with van der Waals surface area (Å²) in [6.45, 7) is 11.9. The lowest BCUT2D eigenvalue weighted by Crippen LogP contribution is -2.45. The smallest absolute Gasteiger partial charge is 0.253 e. The lowest BCUT2D eigenvalue weighted by Gasteiger charge is -2.36. The predicted octanol–water partition coefficient (Wildman–Crippen LogP) is 3.92. The second-order valence-electron chi connectivity index (χ2n) is 10.0. The zero-order chi connectivity index (χ0) is 25.2. The fraction of sp³-hybridized carbons (Fsp3) is 0.462. The van der Waals surface area contributed by atoms with E-state index >= 15 is 0 Å². The van der Waals surface area contributed by atoms with Gasteiger partial charge in [0.1, 0.15) is 10.8 Å². The van der Waals surface area contributed by atoms with Crippen molar-refractivity contribution in [3.8, 4) is 11.4 Å². The molecule has 0 saturated carbocycles. The van der Waals surface area contributed by atoms with Gasteiger partial charge in [0.2, 0.25) is 0 Å². The summed E-state index contributed by atoms with van der Waals surface area (Å²) >= 11 is 1.43. The number of carbonyl (C=O) groups excluding carboxylic acids is 2. The Morgan fingerprint density at radius 3 is 2.54 bits per heavy atom. The van der Waals surface area contributed by atoms with E-state index < -0.39 is 0 Å². The molecule has 0 aliphatic carbocycles. The number of hydrogen-bond acceptors (Lipinski definition) is 7. The molecule has 3 aromatic rings. The number of Topliss-reactive ketones (excluding diaryl/α,β-unsaturated/α-hetero) is 1. The Morgan fingerprint density at radius 1 is 1.11 bits per heavy atom. The number of thiazole rings is 1. The lowest BCUT2D eigenvalue weighted by atomic mass is 10.1. The third kappa shape index (κ3) is 6.35. The summed E-state index contributed by atoms with van der Waals surface area (Å²) in [5.74, 6) is 0.555. The number of aromatic nitrogens is 3. The van der Waals surface area contributed by atoms with E-state index in [1.165, 1.54) is 11.3 Å². The van der Waals surface area contributed by atoms with E-state index in [9.17, 15) is 9.59 Å². The maximum absolute atomic E-state index is 12.5. The van der Waals surface area contributed by atoms with Gasteiger partial charge < -0.3 is 19.5 Å². The van der Waals surface area contributed by atoms with Crippen molar-refractivity contribution in [3.05, 3.63) is 52.6 Å². The molecule has 1 amide bonds. The van der Waals surface area contributed by atoms with Gasteiger partial charge in [-0.3, -0.25) is 9.59 Å². The van der Waals surface area contributed by atoms with Crippen molar-refractivity contribution < 1.29 is 14.3 Å². The molecule has 0 spiro atoms. The average molecular weight is 496 g/mol. The number of morpholine rings is 1. The highest BCUT2D eigenvalue weighted by Crippen LogP contribution is 2.25. The normalized spacial score (nSPS) is 18.5. The van der Waals surface area contributed by atoms with Gasteiger partial charge in [-0.05, 0) is 52.8 Å². The maximum Gasteiger partial charge on any atom is 0.253 e. The van der Waals surface area contributed by atoms with Gasteiger partial charge >= 0.3 is 0 Å². The number of pyridine rings is 1. The van der Waals surface area contributed by atoms with Crippen LogP contribution < -0.4 is 10.2 Å². The zero-order valence-electron chi connectivity index (χ0n) is 20.9. The number of ketones is 1. The Labute approximate surface area is 210 Å². The maximum atomic E-state index is 12.5. The Morgan fingerprint density at radius 2 is 1.86 bits per heavy atom. The van der Waals surface area contributed by atoms with Crippen molar-refractivity contribution in [3.63, 3.8) is 0 Å². The number of nitrogens with zero attached hydrogens (tertiary/aromatic N) is 4. The molecule has 1 aliphatic rings. The molecule has 2 atom stereocenters. The fourth-order valence-corrected chi connectivity index (χ4v) is 4.89. The van der Waals surface area contributed by atoms with E-state index in [0.29, 0.717) is 10.6 Å². The van der Waals surface area contributed by atoms with Crippen LogP contribution in [0.1, 0.15) is 50.0 Å². The molecule has 35 heavy (non-hydrogen) atoms. The first-order valence-electron chi connectivity index (χ1n) is 11.9. The first-order valence-corrected chi connectivity index (χ1v) is 12.8. The quantitative estimate of drug-likeness (QED) is 0.535.